The first kappa shape index (κ1) is 23.5. The average Bonchev–Trinajstić information content (AvgIpc) is 3.15. The molecular formula is C28H33N3O4. The number of ether oxygens (including phenoxy) is 1. The first-order chi connectivity index (χ1) is 16.9. The van der Waals surface area contributed by atoms with Gasteiger partial charge in [-0.15, -0.1) is 0 Å². The van der Waals surface area contributed by atoms with E-state index in [-0.39, 0.29) is 30.2 Å². The number of amides is 3. The van der Waals surface area contributed by atoms with Gasteiger partial charge in [-0.05, 0) is 87.0 Å². The number of hydrogen-bond donors (Lipinski definition) is 1. The summed E-state index contributed by atoms with van der Waals surface area (Å²) in [6.07, 6.45) is 2.98. The molecule has 5 rings (SSSR count). The van der Waals surface area contributed by atoms with Crippen LogP contribution in [-0.4, -0.2) is 52.8 Å². The highest BCUT2D eigenvalue weighted by Crippen LogP contribution is 2.34. The van der Waals surface area contributed by atoms with Crippen molar-refractivity contribution in [2.75, 3.05) is 13.1 Å². The molecule has 0 saturated carbocycles. The van der Waals surface area contributed by atoms with Gasteiger partial charge in [-0.2, -0.15) is 0 Å². The maximum Gasteiger partial charge on any atom is 0.255 e. The Morgan fingerprint density at radius 3 is 2.57 bits per heavy atom. The minimum Gasteiger partial charge on any atom is -0.491 e. The number of carbonyl (C=O) groups is 3. The van der Waals surface area contributed by atoms with E-state index in [2.05, 4.69) is 40.5 Å². The number of carbonyl (C=O) groups excluding carboxylic acids is 3. The number of rotatable bonds is 6. The highest BCUT2D eigenvalue weighted by molar-refractivity contribution is 6.05. The summed E-state index contributed by atoms with van der Waals surface area (Å²) >= 11 is 0. The third kappa shape index (κ3) is 5.10. The van der Waals surface area contributed by atoms with E-state index in [1.54, 1.807) is 4.90 Å². The Labute approximate surface area is 206 Å². The summed E-state index contributed by atoms with van der Waals surface area (Å²) in [5.41, 5.74) is 4.21. The molecule has 2 fully saturated rings. The lowest BCUT2D eigenvalue weighted by molar-refractivity contribution is -0.136. The lowest BCUT2D eigenvalue weighted by Crippen LogP contribution is -2.52. The lowest BCUT2D eigenvalue weighted by atomic mass is 9.87. The Morgan fingerprint density at radius 2 is 1.83 bits per heavy atom. The number of likely N-dealkylation sites (tertiary alicyclic amines) is 1. The van der Waals surface area contributed by atoms with Crippen molar-refractivity contribution in [2.45, 2.75) is 70.7 Å². The Bertz CT molecular complexity index is 1140. The molecule has 0 aromatic heterocycles. The number of nitrogens with one attached hydrogen (secondary N) is 1. The summed E-state index contributed by atoms with van der Waals surface area (Å²) in [6.45, 7) is 7.48. The van der Waals surface area contributed by atoms with E-state index in [9.17, 15) is 14.4 Å². The molecule has 3 aliphatic heterocycles. The summed E-state index contributed by atoms with van der Waals surface area (Å²) in [6, 6.07) is 14.0. The van der Waals surface area contributed by atoms with Crippen LogP contribution in [0, 0.1) is 0 Å². The lowest BCUT2D eigenvalue weighted by Gasteiger charge is -2.32. The molecule has 184 valence electrons. The van der Waals surface area contributed by atoms with E-state index >= 15 is 0 Å². The van der Waals surface area contributed by atoms with Crippen LogP contribution in [0.15, 0.2) is 42.5 Å². The van der Waals surface area contributed by atoms with Crippen LogP contribution in [0.3, 0.4) is 0 Å². The molecule has 2 aromatic carbocycles. The van der Waals surface area contributed by atoms with Gasteiger partial charge in [-0.1, -0.05) is 24.3 Å². The molecular weight excluding hydrogens is 442 g/mol. The number of hydrogen-bond acceptors (Lipinski definition) is 5. The van der Waals surface area contributed by atoms with Gasteiger partial charge in [0, 0.05) is 25.1 Å². The third-order valence-electron chi connectivity index (χ3n) is 7.28. The van der Waals surface area contributed by atoms with Crippen LogP contribution < -0.4 is 10.1 Å². The average molecular weight is 476 g/mol. The second-order valence-corrected chi connectivity index (χ2v) is 10.2. The minimum atomic E-state index is -0.566. The molecule has 3 heterocycles. The molecule has 1 unspecified atom stereocenters. The van der Waals surface area contributed by atoms with Gasteiger partial charge in [0.2, 0.25) is 11.8 Å². The smallest absolute Gasteiger partial charge is 0.255 e. The van der Waals surface area contributed by atoms with Crippen molar-refractivity contribution in [3.63, 3.8) is 0 Å². The van der Waals surface area contributed by atoms with Gasteiger partial charge >= 0.3 is 0 Å². The Hall–Kier alpha value is -3.19. The number of fused-ring (bicyclic) bond motifs is 1. The molecule has 7 nitrogen and oxygen atoms in total. The maximum atomic E-state index is 13.0. The molecule has 0 radical (unpaired) electrons. The van der Waals surface area contributed by atoms with Crippen molar-refractivity contribution >= 4 is 17.7 Å². The molecule has 0 bridgehead atoms. The molecule has 1 atom stereocenters. The predicted molar refractivity (Wildman–Crippen MR) is 132 cm³/mol. The van der Waals surface area contributed by atoms with Gasteiger partial charge < -0.3 is 9.64 Å². The van der Waals surface area contributed by atoms with Crippen LogP contribution in [0.2, 0.25) is 0 Å². The summed E-state index contributed by atoms with van der Waals surface area (Å²) in [4.78, 5) is 40.8. The highest BCUT2D eigenvalue weighted by atomic mass is 16.5. The zero-order chi connectivity index (χ0) is 24.5. The molecule has 7 heteroatoms. The zero-order valence-corrected chi connectivity index (χ0v) is 20.5. The van der Waals surface area contributed by atoms with E-state index in [4.69, 9.17) is 4.74 Å². The van der Waals surface area contributed by atoms with Gasteiger partial charge in [0.25, 0.3) is 5.91 Å². The van der Waals surface area contributed by atoms with Crippen LogP contribution in [0.25, 0.3) is 0 Å². The topological polar surface area (TPSA) is 79.0 Å². The van der Waals surface area contributed by atoms with E-state index < -0.39 is 6.04 Å². The van der Waals surface area contributed by atoms with E-state index in [1.165, 1.54) is 11.1 Å². The van der Waals surface area contributed by atoms with Crippen LogP contribution >= 0.6 is 0 Å². The second kappa shape index (κ2) is 9.82. The minimum absolute atomic E-state index is 0.112. The molecule has 35 heavy (non-hydrogen) atoms. The number of benzene rings is 2. The van der Waals surface area contributed by atoms with Gasteiger partial charge in [-0.3, -0.25) is 24.6 Å². The van der Waals surface area contributed by atoms with Crippen LogP contribution in [0.5, 0.6) is 5.75 Å². The highest BCUT2D eigenvalue weighted by Gasteiger charge is 2.39. The fourth-order valence-electron chi connectivity index (χ4n) is 5.52. The molecule has 0 spiro atoms. The monoisotopic (exact) mass is 475 g/mol. The molecule has 3 amide bonds. The largest absolute Gasteiger partial charge is 0.491 e. The normalized spacial score (nSPS) is 21.4. The number of piperidine rings is 2. The quantitative estimate of drug-likeness (QED) is 0.646. The van der Waals surface area contributed by atoms with Gasteiger partial charge in [0.15, 0.2) is 0 Å². The van der Waals surface area contributed by atoms with Crippen LogP contribution in [-0.2, 0) is 22.7 Å². The van der Waals surface area contributed by atoms with E-state index in [0.717, 1.165) is 43.8 Å². The SMILES string of the molecule is CC(C)Oc1cccc(CN2CCC(c3ccc4c(c3)CN(C3CCC(=O)NC3=O)C4=O)CC2)c1. The van der Waals surface area contributed by atoms with Crippen LogP contribution in [0.4, 0.5) is 0 Å². The maximum absolute atomic E-state index is 13.0. The van der Waals surface area contributed by atoms with Crippen molar-refractivity contribution in [3.05, 3.63) is 64.7 Å². The van der Waals surface area contributed by atoms with Gasteiger partial charge in [-0.25, -0.2) is 0 Å². The standard InChI is InChI=1S/C28H33N3O4/c1-18(2)35-23-5-3-4-19(14-23)16-30-12-10-20(11-13-30)21-6-7-24-22(15-21)17-31(28(24)34)25-8-9-26(32)29-27(25)33/h3-7,14-15,18,20,25H,8-13,16-17H2,1-2H3,(H,29,32,33). The third-order valence-corrected chi connectivity index (χ3v) is 7.28. The first-order valence-electron chi connectivity index (χ1n) is 12.6. The summed E-state index contributed by atoms with van der Waals surface area (Å²) in [5, 5.41) is 2.37. The summed E-state index contributed by atoms with van der Waals surface area (Å²) < 4.78 is 5.84. The van der Waals surface area contributed by atoms with Crippen molar-refractivity contribution < 1.29 is 19.1 Å². The first-order valence-corrected chi connectivity index (χ1v) is 12.6. The molecule has 0 aliphatic carbocycles. The number of nitrogens with zero attached hydrogens (tertiary/aromatic N) is 2. The summed E-state index contributed by atoms with van der Waals surface area (Å²) in [5.74, 6) is 0.648. The van der Waals surface area contributed by atoms with Crippen LogP contribution in [0.1, 0.15) is 72.5 Å². The Balaban J connectivity index is 1.19. The molecule has 1 N–H and O–H groups in total. The van der Waals surface area contributed by atoms with Gasteiger partial charge in [0.1, 0.15) is 11.8 Å². The molecule has 2 aromatic rings. The van der Waals surface area contributed by atoms with E-state index in [0.29, 0.717) is 24.4 Å². The fourth-order valence-corrected chi connectivity index (χ4v) is 5.52. The predicted octanol–water partition coefficient (Wildman–Crippen LogP) is 3.61. The second-order valence-electron chi connectivity index (χ2n) is 10.2. The van der Waals surface area contributed by atoms with Crippen molar-refractivity contribution in [1.82, 2.24) is 15.1 Å². The van der Waals surface area contributed by atoms with Gasteiger partial charge in [0.05, 0.1) is 6.10 Å². The van der Waals surface area contributed by atoms with E-state index in [1.807, 2.05) is 26.0 Å². The number of imide groups is 1. The van der Waals surface area contributed by atoms with Crippen molar-refractivity contribution in [3.8, 4) is 5.75 Å². The summed E-state index contributed by atoms with van der Waals surface area (Å²) in [7, 11) is 0. The molecule has 2 saturated heterocycles. The Kier molecular flexibility index (Phi) is 6.60. The fraction of sp³-hybridized carbons (Fsp3) is 0.464. The zero-order valence-electron chi connectivity index (χ0n) is 20.5. The molecule has 3 aliphatic rings. The van der Waals surface area contributed by atoms with Crippen molar-refractivity contribution in [1.29, 1.82) is 0 Å². The Morgan fingerprint density at radius 1 is 1.03 bits per heavy atom. The van der Waals surface area contributed by atoms with Crippen molar-refractivity contribution in [2.24, 2.45) is 0 Å².